The lowest BCUT2D eigenvalue weighted by Gasteiger charge is -2.15. The fourth-order valence-corrected chi connectivity index (χ4v) is 3.68. The monoisotopic (exact) mass is 422 g/mol. The van der Waals surface area contributed by atoms with Gasteiger partial charge in [0.1, 0.15) is 11.4 Å². The number of anilines is 1. The summed E-state index contributed by atoms with van der Waals surface area (Å²) in [5.74, 6) is 0.0988. The molecule has 2 amide bonds. The Kier molecular flexibility index (Phi) is 7.47. The molecule has 1 heterocycles. The van der Waals surface area contributed by atoms with Gasteiger partial charge in [-0.1, -0.05) is 29.8 Å². The summed E-state index contributed by atoms with van der Waals surface area (Å²) < 4.78 is 10.9. The van der Waals surface area contributed by atoms with Gasteiger partial charge in [0.2, 0.25) is 0 Å². The van der Waals surface area contributed by atoms with Crippen molar-refractivity contribution in [1.29, 1.82) is 0 Å². The Morgan fingerprint density at radius 3 is 2.48 bits per heavy atom. The molecule has 164 valence electrons. The zero-order chi connectivity index (χ0) is 22.4. The quantitative estimate of drug-likeness (QED) is 0.456. The number of carbonyl (C=O) groups excluding carboxylic acids is 2. The third-order valence-corrected chi connectivity index (χ3v) is 5.11. The molecular weight excluding hydrogens is 392 g/mol. The van der Waals surface area contributed by atoms with Crippen molar-refractivity contribution in [2.24, 2.45) is 0 Å². The molecule has 1 N–H and O–H groups in total. The number of aryl methyl sites for hydroxylation is 2. The molecule has 0 saturated carbocycles. The summed E-state index contributed by atoms with van der Waals surface area (Å²) in [6.45, 7) is 9.78. The summed E-state index contributed by atoms with van der Waals surface area (Å²) in [5, 5.41) is 3.20. The van der Waals surface area contributed by atoms with Gasteiger partial charge < -0.3 is 14.8 Å². The van der Waals surface area contributed by atoms with Crippen molar-refractivity contribution >= 4 is 23.1 Å². The van der Waals surface area contributed by atoms with Crippen LogP contribution in [0.2, 0.25) is 0 Å². The number of amides is 2. The van der Waals surface area contributed by atoms with Gasteiger partial charge in [-0.2, -0.15) is 0 Å². The predicted molar refractivity (Wildman–Crippen MR) is 122 cm³/mol. The van der Waals surface area contributed by atoms with Crippen LogP contribution >= 0.6 is 0 Å². The molecule has 3 rings (SSSR count). The Labute approximate surface area is 183 Å². The molecule has 0 bridgehead atoms. The molecule has 0 aromatic heterocycles. The fourth-order valence-electron chi connectivity index (χ4n) is 3.68. The van der Waals surface area contributed by atoms with E-state index in [-0.39, 0.29) is 11.8 Å². The highest BCUT2D eigenvalue weighted by Crippen LogP contribution is 2.33. The van der Waals surface area contributed by atoms with Crippen LogP contribution in [0, 0.1) is 13.8 Å². The molecule has 0 aliphatic carbocycles. The van der Waals surface area contributed by atoms with E-state index in [1.807, 2.05) is 70.2 Å². The lowest BCUT2D eigenvalue weighted by Crippen LogP contribution is -2.34. The number of rotatable bonds is 10. The lowest BCUT2D eigenvalue weighted by molar-refractivity contribution is -0.137. The van der Waals surface area contributed by atoms with Crippen molar-refractivity contribution in [2.45, 2.75) is 34.1 Å². The number of carbonyl (C=O) groups is 2. The molecule has 2 aromatic rings. The number of imide groups is 1. The van der Waals surface area contributed by atoms with E-state index >= 15 is 0 Å². The minimum Gasteiger partial charge on any atom is -0.494 e. The van der Waals surface area contributed by atoms with Crippen LogP contribution in [0.4, 0.5) is 5.69 Å². The molecule has 0 atom stereocenters. The second kappa shape index (κ2) is 10.3. The van der Waals surface area contributed by atoms with Crippen LogP contribution in [-0.2, 0) is 14.3 Å². The Morgan fingerprint density at radius 2 is 1.77 bits per heavy atom. The first kappa shape index (κ1) is 22.6. The maximum Gasteiger partial charge on any atom is 0.278 e. The van der Waals surface area contributed by atoms with Gasteiger partial charge in [0.25, 0.3) is 11.8 Å². The highest BCUT2D eigenvalue weighted by atomic mass is 16.5. The third kappa shape index (κ3) is 5.14. The second-order valence-electron chi connectivity index (χ2n) is 7.47. The van der Waals surface area contributed by atoms with Crippen molar-refractivity contribution in [3.8, 4) is 5.75 Å². The van der Waals surface area contributed by atoms with Crippen LogP contribution in [0.5, 0.6) is 5.75 Å². The van der Waals surface area contributed by atoms with E-state index in [1.54, 1.807) is 0 Å². The van der Waals surface area contributed by atoms with Crippen LogP contribution in [0.3, 0.4) is 0 Å². The highest BCUT2D eigenvalue weighted by Gasteiger charge is 2.39. The minimum absolute atomic E-state index is 0.281. The van der Waals surface area contributed by atoms with Gasteiger partial charge in [0.15, 0.2) is 0 Å². The molecule has 1 aliphatic heterocycles. The van der Waals surface area contributed by atoms with Gasteiger partial charge in [-0.25, -0.2) is 0 Å². The van der Waals surface area contributed by atoms with E-state index in [9.17, 15) is 9.59 Å². The van der Waals surface area contributed by atoms with Crippen molar-refractivity contribution in [3.05, 3.63) is 64.9 Å². The molecule has 0 spiro atoms. The smallest absolute Gasteiger partial charge is 0.278 e. The Morgan fingerprint density at radius 1 is 0.968 bits per heavy atom. The van der Waals surface area contributed by atoms with Crippen molar-refractivity contribution in [3.63, 3.8) is 0 Å². The number of hydrogen-bond donors (Lipinski definition) is 1. The van der Waals surface area contributed by atoms with E-state index in [0.29, 0.717) is 55.5 Å². The number of benzene rings is 2. The summed E-state index contributed by atoms with van der Waals surface area (Å²) in [7, 11) is 0. The van der Waals surface area contributed by atoms with Crippen molar-refractivity contribution < 1.29 is 19.1 Å². The molecule has 6 heteroatoms. The van der Waals surface area contributed by atoms with Crippen molar-refractivity contribution in [2.75, 3.05) is 31.7 Å². The summed E-state index contributed by atoms with van der Waals surface area (Å²) >= 11 is 0. The number of nitrogens with zero attached hydrogens (tertiary/aromatic N) is 1. The summed E-state index contributed by atoms with van der Waals surface area (Å²) in [5.41, 5.74) is 4.21. The van der Waals surface area contributed by atoms with Crippen LogP contribution in [-0.4, -0.2) is 43.1 Å². The standard InChI is InChI=1S/C25H30N2O4/c1-5-30-14-8-13-27-24(28)22(21-12-11-17(3)15-18(21)4)23(25(27)29)26-19-9-7-10-20(16-19)31-6-2/h7,9-12,15-16,26H,5-6,8,13-14H2,1-4H3. The summed E-state index contributed by atoms with van der Waals surface area (Å²) in [6, 6.07) is 13.3. The highest BCUT2D eigenvalue weighted by molar-refractivity contribution is 6.36. The first-order chi connectivity index (χ1) is 15.0. The van der Waals surface area contributed by atoms with Gasteiger partial charge in [-0.15, -0.1) is 0 Å². The van der Waals surface area contributed by atoms with E-state index in [1.165, 1.54) is 4.90 Å². The summed E-state index contributed by atoms with van der Waals surface area (Å²) in [6.07, 6.45) is 0.596. The fraction of sp³-hybridized carbons (Fsp3) is 0.360. The van der Waals surface area contributed by atoms with Gasteiger partial charge >= 0.3 is 0 Å². The Balaban J connectivity index is 1.98. The number of ether oxygens (including phenoxy) is 2. The van der Waals surface area contributed by atoms with E-state index in [2.05, 4.69) is 5.32 Å². The topological polar surface area (TPSA) is 67.9 Å². The van der Waals surface area contributed by atoms with Crippen LogP contribution in [0.1, 0.15) is 37.0 Å². The zero-order valence-electron chi connectivity index (χ0n) is 18.7. The maximum atomic E-state index is 13.3. The molecule has 2 aromatic carbocycles. The largest absolute Gasteiger partial charge is 0.494 e. The minimum atomic E-state index is -0.321. The Hall–Kier alpha value is -3.12. The van der Waals surface area contributed by atoms with E-state index in [4.69, 9.17) is 9.47 Å². The summed E-state index contributed by atoms with van der Waals surface area (Å²) in [4.78, 5) is 27.9. The van der Waals surface area contributed by atoms with Gasteiger partial charge in [0.05, 0.1) is 12.2 Å². The molecule has 1 aliphatic rings. The zero-order valence-corrected chi connectivity index (χ0v) is 18.7. The molecule has 0 unspecified atom stereocenters. The second-order valence-corrected chi connectivity index (χ2v) is 7.47. The average molecular weight is 423 g/mol. The van der Waals surface area contributed by atoms with Gasteiger partial charge in [-0.05, 0) is 57.4 Å². The maximum absolute atomic E-state index is 13.3. The molecule has 0 radical (unpaired) electrons. The molecular formula is C25H30N2O4. The molecule has 0 saturated heterocycles. The van der Waals surface area contributed by atoms with Crippen molar-refractivity contribution in [1.82, 2.24) is 4.90 Å². The Bertz CT molecular complexity index is 997. The van der Waals surface area contributed by atoms with Gasteiger partial charge in [0, 0.05) is 31.5 Å². The lowest BCUT2D eigenvalue weighted by atomic mass is 9.97. The molecule has 31 heavy (non-hydrogen) atoms. The van der Waals surface area contributed by atoms with Gasteiger partial charge in [-0.3, -0.25) is 14.5 Å². The van der Waals surface area contributed by atoms with Crippen LogP contribution in [0.25, 0.3) is 5.57 Å². The first-order valence-corrected chi connectivity index (χ1v) is 10.7. The molecule has 0 fully saturated rings. The average Bonchev–Trinajstić information content (AvgIpc) is 2.96. The van der Waals surface area contributed by atoms with Crippen LogP contribution < -0.4 is 10.1 Å². The third-order valence-electron chi connectivity index (χ3n) is 5.11. The first-order valence-electron chi connectivity index (χ1n) is 10.7. The molecule has 6 nitrogen and oxygen atoms in total. The normalized spacial score (nSPS) is 13.9. The number of hydrogen-bond acceptors (Lipinski definition) is 5. The van der Waals surface area contributed by atoms with Crippen LogP contribution in [0.15, 0.2) is 48.2 Å². The van der Waals surface area contributed by atoms with E-state index in [0.717, 1.165) is 16.7 Å². The number of nitrogens with one attached hydrogen (secondary N) is 1. The SMILES string of the molecule is CCOCCCN1C(=O)C(Nc2cccc(OCC)c2)=C(c2ccc(C)cc2C)C1=O. The predicted octanol–water partition coefficient (Wildman–Crippen LogP) is 4.32. The van der Waals surface area contributed by atoms with E-state index < -0.39 is 0 Å².